The van der Waals surface area contributed by atoms with Crippen molar-refractivity contribution in [2.75, 3.05) is 13.1 Å². The van der Waals surface area contributed by atoms with E-state index in [1.54, 1.807) is 17.0 Å². The zero-order chi connectivity index (χ0) is 20.4. The van der Waals surface area contributed by atoms with E-state index in [1.807, 2.05) is 0 Å². The van der Waals surface area contributed by atoms with E-state index in [0.29, 0.717) is 43.2 Å². The maximum absolute atomic E-state index is 13.4. The number of nitrogens with zero attached hydrogens (tertiary/aromatic N) is 3. The van der Waals surface area contributed by atoms with Crippen LogP contribution in [0.2, 0.25) is 0 Å². The number of carbonyl (C=O) groups is 1. The summed E-state index contributed by atoms with van der Waals surface area (Å²) < 4.78 is 45.0. The van der Waals surface area contributed by atoms with Gasteiger partial charge in [-0.15, -0.1) is 0 Å². The van der Waals surface area contributed by atoms with Crippen LogP contribution in [0.3, 0.4) is 0 Å². The van der Waals surface area contributed by atoms with Gasteiger partial charge in [-0.2, -0.15) is 4.98 Å². The molecule has 1 atom stereocenters. The Balaban J connectivity index is 1.44. The average molecular weight is 401 g/mol. The van der Waals surface area contributed by atoms with Gasteiger partial charge in [0.05, 0.1) is 0 Å². The number of benzene rings is 2. The quantitative estimate of drug-likeness (QED) is 0.645. The summed E-state index contributed by atoms with van der Waals surface area (Å²) in [5, 5.41) is 3.98. The summed E-state index contributed by atoms with van der Waals surface area (Å²) >= 11 is 0. The molecule has 8 heteroatoms. The lowest BCUT2D eigenvalue weighted by molar-refractivity contribution is 0.0760. The molecule has 1 fully saturated rings. The number of halogens is 3. The van der Waals surface area contributed by atoms with Crippen molar-refractivity contribution in [3.63, 3.8) is 0 Å². The highest BCUT2D eigenvalue weighted by Gasteiger charge is 2.26. The molecule has 1 saturated heterocycles. The van der Waals surface area contributed by atoms with Gasteiger partial charge in [0.2, 0.25) is 11.7 Å². The van der Waals surface area contributed by atoms with Gasteiger partial charge in [-0.25, -0.2) is 13.2 Å². The lowest BCUT2D eigenvalue weighted by Crippen LogP contribution is -2.32. The number of likely N-dealkylation sites (tertiary alicyclic amines) is 1. The van der Waals surface area contributed by atoms with Gasteiger partial charge in [0.15, 0.2) is 11.6 Å². The topological polar surface area (TPSA) is 59.2 Å². The number of amides is 1. The SMILES string of the molecule is O=C(c1ccc(F)c(F)c1)N1CCC[C@H](c2nc(-c3ccc(F)cc3)no2)CC1. The molecule has 0 aliphatic carbocycles. The molecule has 3 aromatic rings. The Morgan fingerprint density at radius 1 is 1.00 bits per heavy atom. The second-order valence-electron chi connectivity index (χ2n) is 7.01. The van der Waals surface area contributed by atoms with Gasteiger partial charge in [0.1, 0.15) is 5.82 Å². The van der Waals surface area contributed by atoms with E-state index >= 15 is 0 Å². The number of aromatic nitrogens is 2. The van der Waals surface area contributed by atoms with Gasteiger partial charge in [-0.05, 0) is 61.7 Å². The molecule has 150 valence electrons. The van der Waals surface area contributed by atoms with E-state index in [4.69, 9.17) is 4.52 Å². The lowest BCUT2D eigenvalue weighted by Gasteiger charge is -2.20. The molecule has 0 spiro atoms. The molecule has 0 unspecified atom stereocenters. The van der Waals surface area contributed by atoms with Crippen LogP contribution < -0.4 is 0 Å². The van der Waals surface area contributed by atoms with Crippen LogP contribution in [0.4, 0.5) is 13.2 Å². The third-order valence-corrected chi connectivity index (χ3v) is 5.08. The standard InChI is InChI=1S/C21H18F3N3O2/c22-16-6-3-13(4-7-16)19-25-20(29-26-19)14-2-1-10-27(11-9-14)21(28)15-5-8-17(23)18(24)12-15/h3-8,12,14H,1-2,9-11H2/t14-/m0/s1. The highest BCUT2D eigenvalue weighted by atomic mass is 19.2. The van der Waals surface area contributed by atoms with Crippen molar-refractivity contribution in [3.8, 4) is 11.4 Å². The Bertz CT molecular complexity index is 1020. The summed E-state index contributed by atoms with van der Waals surface area (Å²) in [6.07, 6.45) is 2.08. The van der Waals surface area contributed by atoms with E-state index < -0.39 is 11.6 Å². The van der Waals surface area contributed by atoms with Crippen LogP contribution in [0.25, 0.3) is 11.4 Å². The highest BCUT2D eigenvalue weighted by molar-refractivity contribution is 5.94. The highest BCUT2D eigenvalue weighted by Crippen LogP contribution is 2.29. The number of hydrogen-bond donors (Lipinski definition) is 0. The van der Waals surface area contributed by atoms with Crippen molar-refractivity contribution in [1.29, 1.82) is 0 Å². The van der Waals surface area contributed by atoms with E-state index in [1.165, 1.54) is 18.2 Å². The number of carbonyl (C=O) groups excluding carboxylic acids is 1. The third kappa shape index (κ3) is 4.16. The smallest absolute Gasteiger partial charge is 0.253 e. The summed E-state index contributed by atoms with van der Waals surface area (Å²) in [5.41, 5.74) is 0.781. The van der Waals surface area contributed by atoms with E-state index in [2.05, 4.69) is 10.1 Å². The Labute approximate surface area is 165 Å². The fourth-order valence-corrected chi connectivity index (χ4v) is 3.48. The van der Waals surface area contributed by atoms with Crippen LogP contribution in [0.15, 0.2) is 47.0 Å². The molecule has 2 heterocycles. The van der Waals surface area contributed by atoms with Crippen LogP contribution in [-0.2, 0) is 0 Å². The zero-order valence-electron chi connectivity index (χ0n) is 15.4. The van der Waals surface area contributed by atoms with Crippen molar-refractivity contribution in [2.45, 2.75) is 25.2 Å². The van der Waals surface area contributed by atoms with E-state index in [-0.39, 0.29) is 23.2 Å². The molecule has 5 nitrogen and oxygen atoms in total. The van der Waals surface area contributed by atoms with Gasteiger partial charge in [-0.1, -0.05) is 5.16 Å². The maximum Gasteiger partial charge on any atom is 0.253 e. The Kier molecular flexibility index (Phi) is 5.33. The van der Waals surface area contributed by atoms with Gasteiger partial charge in [-0.3, -0.25) is 4.79 Å². The summed E-state index contributed by atoms with van der Waals surface area (Å²) in [7, 11) is 0. The van der Waals surface area contributed by atoms with Crippen molar-refractivity contribution >= 4 is 5.91 Å². The molecule has 2 aromatic carbocycles. The second-order valence-corrected chi connectivity index (χ2v) is 7.01. The number of rotatable bonds is 3. The molecular formula is C21H18F3N3O2. The van der Waals surface area contributed by atoms with E-state index in [9.17, 15) is 18.0 Å². The monoisotopic (exact) mass is 401 g/mol. The molecule has 0 saturated carbocycles. The minimum absolute atomic E-state index is 0.0144. The van der Waals surface area contributed by atoms with Gasteiger partial charge in [0.25, 0.3) is 5.91 Å². The van der Waals surface area contributed by atoms with Crippen LogP contribution in [0.5, 0.6) is 0 Å². The van der Waals surface area contributed by atoms with Crippen LogP contribution in [-0.4, -0.2) is 34.0 Å². The Morgan fingerprint density at radius 3 is 2.55 bits per heavy atom. The molecule has 1 amide bonds. The van der Waals surface area contributed by atoms with Crippen molar-refractivity contribution in [1.82, 2.24) is 15.0 Å². The predicted molar refractivity (Wildman–Crippen MR) is 98.5 cm³/mol. The first-order valence-electron chi connectivity index (χ1n) is 9.35. The van der Waals surface area contributed by atoms with Gasteiger partial charge < -0.3 is 9.42 Å². The molecule has 4 rings (SSSR count). The summed E-state index contributed by atoms with van der Waals surface area (Å²) in [5.74, 6) is -1.84. The fourth-order valence-electron chi connectivity index (χ4n) is 3.48. The maximum atomic E-state index is 13.4. The van der Waals surface area contributed by atoms with Gasteiger partial charge >= 0.3 is 0 Å². The first-order valence-corrected chi connectivity index (χ1v) is 9.35. The average Bonchev–Trinajstić information content (AvgIpc) is 3.08. The summed E-state index contributed by atoms with van der Waals surface area (Å²) in [4.78, 5) is 18.7. The molecule has 0 radical (unpaired) electrons. The molecule has 0 N–H and O–H groups in total. The lowest BCUT2D eigenvalue weighted by atomic mass is 10.0. The molecule has 1 aliphatic heterocycles. The predicted octanol–water partition coefficient (Wildman–Crippen LogP) is 4.56. The van der Waals surface area contributed by atoms with Crippen molar-refractivity contribution < 1.29 is 22.5 Å². The largest absolute Gasteiger partial charge is 0.339 e. The van der Waals surface area contributed by atoms with Crippen LogP contribution in [0.1, 0.15) is 41.4 Å². The van der Waals surface area contributed by atoms with E-state index in [0.717, 1.165) is 18.6 Å². The van der Waals surface area contributed by atoms with Crippen LogP contribution in [0, 0.1) is 17.5 Å². The third-order valence-electron chi connectivity index (χ3n) is 5.08. The normalized spacial score (nSPS) is 17.2. The summed E-state index contributed by atoms with van der Waals surface area (Å²) in [6, 6.07) is 9.00. The fraction of sp³-hybridized carbons (Fsp3) is 0.286. The van der Waals surface area contributed by atoms with Crippen molar-refractivity contribution in [2.24, 2.45) is 0 Å². The Hall–Kier alpha value is -3.16. The molecule has 29 heavy (non-hydrogen) atoms. The van der Waals surface area contributed by atoms with Crippen molar-refractivity contribution in [3.05, 3.63) is 71.4 Å². The van der Waals surface area contributed by atoms with Crippen LogP contribution >= 0.6 is 0 Å². The Morgan fingerprint density at radius 2 is 1.79 bits per heavy atom. The molecule has 1 aliphatic rings. The molecule has 1 aromatic heterocycles. The number of hydrogen-bond acceptors (Lipinski definition) is 4. The minimum atomic E-state index is -1.04. The molecule has 0 bridgehead atoms. The minimum Gasteiger partial charge on any atom is -0.339 e. The van der Waals surface area contributed by atoms with Gasteiger partial charge in [0, 0.05) is 30.1 Å². The second kappa shape index (κ2) is 8.06. The first kappa shape index (κ1) is 19.2. The summed E-state index contributed by atoms with van der Waals surface area (Å²) in [6.45, 7) is 0.948. The first-order chi connectivity index (χ1) is 14.0. The molecular weight excluding hydrogens is 383 g/mol. The zero-order valence-corrected chi connectivity index (χ0v) is 15.4.